The van der Waals surface area contributed by atoms with E-state index in [1.54, 1.807) is 18.2 Å². The van der Waals surface area contributed by atoms with Crippen molar-refractivity contribution in [2.24, 2.45) is 0 Å². The summed E-state index contributed by atoms with van der Waals surface area (Å²) in [5.74, 6) is -0.229. The van der Waals surface area contributed by atoms with Crippen LogP contribution in [0, 0.1) is 5.82 Å². The average molecular weight is 161 g/mol. The van der Waals surface area contributed by atoms with Crippen molar-refractivity contribution in [3.8, 4) is 0 Å². The maximum atomic E-state index is 12.7. The lowest BCUT2D eigenvalue weighted by Crippen LogP contribution is -1.83. The molecule has 0 aliphatic rings. The minimum atomic E-state index is -0.229. The first-order valence-corrected chi connectivity index (χ1v) is 3.70. The molecule has 60 valence electrons. The number of hydrogen-bond donors (Lipinski definition) is 1. The van der Waals surface area contributed by atoms with Gasteiger partial charge in [0.15, 0.2) is 0 Å². The van der Waals surface area contributed by atoms with Gasteiger partial charge in [-0.05, 0) is 35.0 Å². The van der Waals surface area contributed by atoms with Crippen molar-refractivity contribution >= 4 is 16.5 Å². The first-order chi connectivity index (χ1) is 5.75. The third kappa shape index (κ3) is 1.11. The Labute approximate surface area is 69.6 Å². The second-order valence-corrected chi connectivity index (χ2v) is 2.75. The minimum absolute atomic E-state index is 0.229. The van der Waals surface area contributed by atoms with Gasteiger partial charge in [0.1, 0.15) is 5.82 Å². The van der Waals surface area contributed by atoms with Gasteiger partial charge in [-0.25, -0.2) is 4.39 Å². The maximum Gasteiger partial charge on any atom is 0.123 e. The van der Waals surface area contributed by atoms with Crippen molar-refractivity contribution in [1.82, 2.24) is 0 Å². The second-order valence-electron chi connectivity index (χ2n) is 2.75. The summed E-state index contributed by atoms with van der Waals surface area (Å²) in [5, 5.41) is 1.85. The Kier molecular flexibility index (Phi) is 1.47. The Morgan fingerprint density at radius 3 is 2.50 bits per heavy atom. The average Bonchev–Trinajstić information content (AvgIpc) is 2.03. The summed E-state index contributed by atoms with van der Waals surface area (Å²) in [7, 11) is 0. The van der Waals surface area contributed by atoms with Gasteiger partial charge in [0.05, 0.1) is 0 Å². The number of nitrogen functional groups attached to an aromatic ring is 1. The quantitative estimate of drug-likeness (QED) is 0.590. The maximum absolute atomic E-state index is 12.7. The molecule has 0 aliphatic heterocycles. The Bertz CT molecular complexity index is 386. The number of benzene rings is 2. The van der Waals surface area contributed by atoms with Gasteiger partial charge in [-0.1, -0.05) is 12.1 Å². The minimum Gasteiger partial charge on any atom is -0.399 e. The summed E-state index contributed by atoms with van der Waals surface area (Å²) in [6.45, 7) is 0. The molecular weight excluding hydrogens is 153 g/mol. The normalized spacial score (nSPS) is 10.4. The summed E-state index contributed by atoms with van der Waals surface area (Å²) in [4.78, 5) is 0. The van der Waals surface area contributed by atoms with Gasteiger partial charge in [0.25, 0.3) is 0 Å². The lowest BCUT2D eigenvalue weighted by molar-refractivity contribution is 0.630. The summed E-state index contributed by atoms with van der Waals surface area (Å²) in [6, 6.07) is 10.1. The van der Waals surface area contributed by atoms with Crippen LogP contribution in [-0.4, -0.2) is 0 Å². The van der Waals surface area contributed by atoms with Crippen molar-refractivity contribution in [3.63, 3.8) is 0 Å². The van der Waals surface area contributed by atoms with Crippen LogP contribution in [0.2, 0.25) is 0 Å². The highest BCUT2D eigenvalue weighted by atomic mass is 19.1. The molecule has 0 unspecified atom stereocenters. The Morgan fingerprint density at radius 1 is 0.917 bits per heavy atom. The van der Waals surface area contributed by atoms with Gasteiger partial charge >= 0.3 is 0 Å². The molecule has 0 heterocycles. The highest BCUT2D eigenvalue weighted by Crippen LogP contribution is 2.17. The molecule has 0 atom stereocenters. The van der Waals surface area contributed by atoms with Gasteiger partial charge < -0.3 is 5.73 Å². The first kappa shape index (κ1) is 7.10. The van der Waals surface area contributed by atoms with Gasteiger partial charge in [0, 0.05) is 5.69 Å². The number of halogens is 1. The summed E-state index contributed by atoms with van der Waals surface area (Å²) < 4.78 is 12.7. The van der Waals surface area contributed by atoms with Crippen LogP contribution in [0.3, 0.4) is 0 Å². The van der Waals surface area contributed by atoms with Crippen molar-refractivity contribution in [2.75, 3.05) is 5.73 Å². The number of hydrogen-bond acceptors (Lipinski definition) is 1. The summed E-state index contributed by atoms with van der Waals surface area (Å²) in [5.41, 5.74) is 6.21. The molecule has 1 nitrogen and oxygen atoms in total. The van der Waals surface area contributed by atoms with Crippen LogP contribution in [0.4, 0.5) is 10.1 Å². The summed E-state index contributed by atoms with van der Waals surface area (Å²) >= 11 is 0. The largest absolute Gasteiger partial charge is 0.399 e. The van der Waals surface area contributed by atoms with Crippen molar-refractivity contribution in [2.45, 2.75) is 0 Å². The third-order valence-electron chi connectivity index (χ3n) is 1.83. The van der Waals surface area contributed by atoms with E-state index in [-0.39, 0.29) is 5.82 Å². The van der Waals surface area contributed by atoms with Crippen LogP contribution in [-0.2, 0) is 0 Å². The van der Waals surface area contributed by atoms with Gasteiger partial charge in [-0.3, -0.25) is 0 Å². The van der Waals surface area contributed by atoms with Crippen LogP contribution in [0.5, 0.6) is 0 Å². The van der Waals surface area contributed by atoms with Crippen molar-refractivity contribution < 1.29 is 4.39 Å². The predicted octanol–water partition coefficient (Wildman–Crippen LogP) is 2.56. The fourth-order valence-corrected chi connectivity index (χ4v) is 1.24. The lowest BCUT2D eigenvalue weighted by Gasteiger charge is -1.98. The van der Waals surface area contributed by atoms with E-state index in [2.05, 4.69) is 0 Å². The molecule has 0 fully saturated rings. The molecule has 0 bridgehead atoms. The molecule has 0 saturated carbocycles. The molecule has 2 N–H and O–H groups in total. The zero-order valence-corrected chi connectivity index (χ0v) is 6.42. The van der Waals surface area contributed by atoms with Crippen molar-refractivity contribution in [1.29, 1.82) is 0 Å². The highest BCUT2D eigenvalue weighted by molar-refractivity contribution is 5.85. The molecule has 0 saturated heterocycles. The molecule has 0 radical (unpaired) electrons. The van der Waals surface area contributed by atoms with Crippen LogP contribution in [0.25, 0.3) is 10.8 Å². The number of rotatable bonds is 0. The van der Waals surface area contributed by atoms with E-state index in [0.29, 0.717) is 5.69 Å². The molecule has 12 heavy (non-hydrogen) atoms. The smallest absolute Gasteiger partial charge is 0.123 e. The van der Waals surface area contributed by atoms with Gasteiger partial charge in [-0.15, -0.1) is 0 Å². The topological polar surface area (TPSA) is 26.0 Å². The highest BCUT2D eigenvalue weighted by Gasteiger charge is 1.95. The molecule has 0 aliphatic carbocycles. The Morgan fingerprint density at radius 2 is 1.67 bits per heavy atom. The molecule has 0 spiro atoms. The van der Waals surface area contributed by atoms with E-state index in [1.165, 1.54) is 12.1 Å². The number of nitrogens with two attached hydrogens (primary N) is 1. The van der Waals surface area contributed by atoms with Crippen molar-refractivity contribution in [3.05, 3.63) is 42.2 Å². The Balaban J connectivity index is 2.80. The van der Waals surface area contributed by atoms with E-state index in [1.807, 2.05) is 6.07 Å². The van der Waals surface area contributed by atoms with Crippen LogP contribution < -0.4 is 5.73 Å². The second kappa shape index (κ2) is 2.48. The molecular formula is C10H8FN. The first-order valence-electron chi connectivity index (χ1n) is 3.70. The lowest BCUT2D eigenvalue weighted by atomic mass is 10.1. The molecule has 2 aromatic carbocycles. The number of fused-ring (bicyclic) bond motifs is 1. The van der Waals surface area contributed by atoms with E-state index >= 15 is 0 Å². The molecule has 2 rings (SSSR count). The van der Waals surface area contributed by atoms with Crippen LogP contribution in [0.1, 0.15) is 0 Å². The van der Waals surface area contributed by atoms with E-state index in [4.69, 9.17) is 5.73 Å². The molecule has 2 heteroatoms. The fourth-order valence-electron chi connectivity index (χ4n) is 1.24. The monoisotopic (exact) mass is 161 g/mol. The fraction of sp³-hybridized carbons (Fsp3) is 0. The van der Waals surface area contributed by atoms with E-state index in [0.717, 1.165) is 10.8 Å². The third-order valence-corrected chi connectivity index (χ3v) is 1.83. The van der Waals surface area contributed by atoms with Crippen LogP contribution >= 0.6 is 0 Å². The predicted molar refractivity (Wildman–Crippen MR) is 48.3 cm³/mol. The molecule has 0 amide bonds. The van der Waals surface area contributed by atoms with E-state index in [9.17, 15) is 4.39 Å². The zero-order valence-electron chi connectivity index (χ0n) is 6.42. The SMILES string of the molecule is Nc1ccc2ccc(F)cc2c1. The molecule has 2 aromatic rings. The van der Waals surface area contributed by atoms with Gasteiger partial charge in [-0.2, -0.15) is 0 Å². The van der Waals surface area contributed by atoms with E-state index < -0.39 is 0 Å². The standard InChI is InChI=1S/C10H8FN/c11-9-3-1-7-2-4-10(12)6-8(7)5-9/h1-6H,12H2. The van der Waals surface area contributed by atoms with Gasteiger partial charge in [0.2, 0.25) is 0 Å². The summed E-state index contributed by atoms with van der Waals surface area (Å²) in [6.07, 6.45) is 0. The zero-order chi connectivity index (χ0) is 8.55. The Hall–Kier alpha value is -1.57. The van der Waals surface area contributed by atoms with Crippen LogP contribution in [0.15, 0.2) is 36.4 Å². The number of anilines is 1. The molecule has 0 aromatic heterocycles.